The zero-order chi connectivity index (χ0) is 13.9. The fraction of sp³-hybridized carbons (Fsp3) is 0.308. The minimum Gasteiger partial charge on any atom is -0.477 e. The van der Waals surface area contributed by atoms with Crippen molar-refractivity contribution >= 4 is 28.3 Å². The number of hydrogen-bond donors (Lipinski definition) is 1. The van der Waals surface area contributed by atoms with Crippen LogP contribution in [0.1, 0.15) is 10.5 Å². The van der Waals surface area contributed by atoms with Gasteiger partial charge in [-0.3, -0.25) is 0 Å². The van der Waals surface area contributed by atoms with Crippen LogP contribution < -0.4 is 9.80 Å². The molecule has 104 valence electrons. The van der Waals surface area contributed by atoms with Gasteiger partial charge in [-0.05, 0) is 12.1 Å². The van der Waals surface area contributed by atoms with Crippen LogP contribution >= 0.6 is 11.3 Å². The highest BCUT2D eigenvalue weighted by molar-refractivity contribution is 7.13. The van der Waals surface area contributed by atoms with E-state index in [9.17, 15) is 4.79 Å². The van der Waals surface area contributed by atoms with Gasteiger partial charge in [0.1, 0.15) is 5.82 Å². The van der Waals surface area contributed by atoms with Crippen LogP contribution in [0.3, 0.4) is 0 Å². The average molecular weight is 290 g/mol. The number of pyridine rings is 1. The maximum Gasteiger partial charge on any atom is 0.354 e. The van der Waals surface area contributed by atoms with Gasteiger partial charge in [0.05, 0.1) is 0 Å². The summed E-state index contributed by atoms with van der Waals surface area (Å²) in [6, 6.07) is 5.10. The first-order chi connectivity index (χ1) is 9.74. The first-order valence-corrected chi connectivity index (χ1v) is 7.22. The number of hydrogen-bond acceptors (Lipinski definition) is 6. The van der Waals surface area contributed by atoms with E-state index >= 15 is 0 Å². The number of thiazole rings is 1. The van der Waals surface area contributed by atoms with Crippen molar-refractivity contribution in [3.05, 3.63) is 35.5 Å². The van der Waals surface area contributed by atoms with Gasteiger partial charge in [-0.25, -0.2) is 14.8 Å². The Labute approximate surface area is 120 Å². The summed E-state index contributed by atoms with van der Waals surface area (Å²) in [4.78, 5) is 23.8. The van der Waals surface area contributed by atoms with Crippen LogP contribution in [-0.4, -0.2) is 47.2 Å². The number of carboxylic acid groups (broad SMARTS) is 1. The minimum absolute atomic E-state index is 0.0878. The molecule has 0 saturated carbocycles. The van der Waals surface area contributed by atoms with Gasteiger partial charge in [0.15, 0.2) is 10.8 Å². The van der Waals surface area contributed by atoms with Crippen molar-refractivity contribution in [1.82, 2.24) is 9.97 Å². The minimum atomic E-state index is -0.992. The lowest BCUT2D eigenvalue weighted by molar-refractivity contribution is 0.0690. The Bertz CT molecular complexity index is 594. The predicted octanol–water partition coefficient (Wildman–Crippen LogP) is 1.56. The summed E-state index contributed by atoms with van der Waals surface area (Å²) in [5, 5.41) is 12.0. The van der Waals surface area contributed by atoms with Crippen molar-refractivity contribution in [3.8, 4) is 0 Å². The summed E-state index contributed by atoms with van der Waals surface area (Å²) in [5.41, 5.74) is 0.0878. The molecule has 2 aromatic heterocycles. The highest BCUT2D eigenvalue weighted by Crippen LogP contribution is 2.21. The third kappa shape index (κ3) is 2.57. The van der Waals surface area contributed by atoms with E-state index in [2.05, 4.69) is 19.8 Å². The quantitative estimate of drug-likeness (QED) is 0.925. The molecule has 7 heteroatoms. The van der Waals surface area contributed by atoms with Gasteiger partial charge in [-0.1, -0.05) is 6.07 Å². The molecule has 6 nitrogen and oxygen atoms in total. The Morgan fingerprint density at radius 2 is 1.95 bits per heavy atom. The maximum atomic E-state index is 10.9. The fourth-order valence-corrected chi connectivity index (χ4v) is 2.91. The summed E-state index contributed by atoms with van der Waals surface area (Å²) in [7, 11) is 0. The van der Waals surface area contributed by atoms with Gasteiger partial charge in [-0.2, -0.15) is 0 Å². The summed E-state index contributed by atoms with van der Waals surface area (Å²) < 4.78 is 0. The molecule has 0 radical (unpaired) electrons. The Morgan fingerprint density at radius 1 is 1.20 bits per heavy atom. The molecule has 0 aromatic carbocycles. The molecule has 1 saturated heterocycles. The maximum absolute atomic E-state index is 10.9. The van der Waals surface area contributed by atoms with E-state index in [-0.39, 0.29) is 5.69 Å². The predicted molar refractivity (Wildman–Crippen MR) is 77.7 cm³/mol. The van der Waals surface area contributed by atoms with Crippen molar-refractivity contribution in [2.45, 2.75) is 0 Å². The molecule has 3 heterocycles. The van der Waals surface area contributed by atoms with Gasteiger partial charge < -0.3 is 14.9 Å². The highest BCUT2D eigenvalue weighted by Gasteiger charge is 2.20. The van der Waals surface area contributed by atoms with Gasteiger partial charge in [-0.15, -0.1) is 11.3 Å². The lowest BCUT2D eigenvalue weighted by atomic mass is 10.3. The van der Waals surface area contributed by atoms with Crippen molar-refractivity contribution in [2.24, 2.45) is 0 Å². The molecule has 1 fully saturated rings. The van der Waals surface area contributed by atoms with Crippen molar-refractivity contribution in [3.63, 3.8) is 0 Å². The van der Waals surface area contributed by atoms with Crippen LogP contribution in [0, 0.1) is 0 Å². The number of nitrogens with zero attached hydrogens (tertiary/aromatic N) is 4. The van der Waals surface area contributed by atoms with Gasteiger partial charge in [0, 0.05) is 37.8 Å². The molecule has 1 aliphatic heterocycles. The van der Waals surface area contributed by atoms with E-state index in [1.54, 1.807) is 17.4 Å². The van der Waals surface area contributed by atoms with Gasteiger partial charge in [0.25, 0.3) is 0 Å². The summed E-state index contributed by atoms with van der Waals surface area (Å²) in [5.74, 6) is -0.267. The first-order valence-electron chi connectivity index (χ1n) is 6.34. The van der Waals surface area contributed by atoms with Crippen molar-refractivity contribution in [2.75, 3.05) is 36.0 Å². The summed E-state index contributed by atoms with van der Waals surface area (Å²) in [6.07, 6.45) is 1.81. The SMILES string of the molecule is O=C(O)c1cccc(N2CCN(c3nccs3)CC2)n1. The molecule has 0 bridgehead atoms. The zero-order valence-electron chi connectivity index (χ0n) is 10.8. The average Bonchev–Trinajstić information content (AvgIpc) is 3.02. The standard InChI is InChI=1S/C13H14N4O2S/c18-12(19)10-2-1-3-11(15-10)16-5-7-17(8-6-16)13-14-4-9-20-13/h1-4,9H,5-8H2,(H,18,19). The molecular weight excluding hydrogens is 276 g/mol. The molecular formula is C13H14N4O2S. The van der Waals surface area contributed by atoms with Gasteiger partial charge in [0.2, 0.25) is 0 Å². The van der Waals surface area contributed by atoms with E-state index in [0.29, 0.717) is 0 Å². The van der Waals surface area contributed by atoms with Crippen LogP contribution in [0.5, 0.6) is 0 Å². The molecule has 0 unspecified atom stereocenters. The monoisotopic (exact) mass is 290 g/mol. The number of carboxylic acids is 1. The van der Waals surface area contributed by atoms with Crippen LogP contribution in [0.4, 0.5) is 10.9 Å². The largest absolute Gasteiger partial charge is 0.477 e. The Hall–Kier alpha value is -2.15. The molecule has 0 aliphatic carbocycles. The van der Waals surface area contributed by atoms with Crippen molar-refractivity contribution < 1.29 is 9.90 Å². The van der Waals surface area contributed by atoms with Crippen LogP contribution in [-0.2, 0) is 0 Å². The second kappa shape index (κ2) is 5.46. The molecule has 0 atom stereocenters. The topological polar surface area (TPSA) is 69.6 Å². The first kappa shape index (κ1) is 12.9. The van der Waals surface area contributed by atoms with Gasteiger partial charge >= 0.3 is 5.97 Å². The number of carbonyl (C=O) groups is 1. The number of aromatic nitrogens is 2. The molecule has 20 heavy (non-hydrogen) atoms. The Balaban J connectivity index is 1.69. The molecule has 0 amide bonds. The zero-order valence-corrected chi connectivity index (χ0v) is 11.6. The summed E-state index contributed by atoms with van der Waals surface area (Å²) >= 11 is 1.64. The molecule has 2 aromatic rings. The van der Waals surface area contributed by atoms with Crippen LogP contribution in [0.25, 0.3) is 0 Å². The van der Waals surface area contributed by atoms with Crippen molar-refractivity contribution in [1.29, 1.82) is 0 Å². The number of anilines is 2. The smallest absolute Gasteiger partial charge is 0.354 e. The number of rotatable bonds is 3. The van der Waals surface area contributed by atoms with E-state index in [1.807, 2.05) is 17.6 Å². The molecule has 1 aliphatic rings. The third-order valence-corrected chi connectivity index (χ3v) is 4.08. The fourth-order valence-electron chi connectivity index (χ4n) is 2.22. The normalized spacial score (nSPS) is 15.4. The van der Waals surface area contributed by atoms with E-state index in [1.165, 1.54) is 6.07 Å². The molecule has 3 rings (SSSR count). The highest BCUT2D eigenvalue weighted by atomic mass is 32.1. The van der Waals surface area contributed by atoms with Crippen LogP contribution in [0.15, 0.2) is 29.8 Å². The van der Waals surface area contributed by atoms with E-state index < -0.39 is 5.97 Å². The third-order valence-electron chi connectivity index (χ3n) is 3.25. The van der Waals surface area contributed by atoms with E-state index in [0.717, 1.165) is 37.1 Å². The molecule has 1 N–H and O–H groups in total. The lowest BCUT2D eigenvalue weighted by Crippen LogP contribution is -2.46. The van der Waals surface area contributed by atoms with E-state index in [4.69, 9.17) is 5.11 Å². The lowest BCUT2D eigenvalue weighted by Gasteiger charge is -2.35. The van der Waals surface area contributed by atoms with Crippen LogP contribution in [0.2, 0.25) is 0 Å². The molecule has 0 spiro atoms. The Morgan fingerprint density at radius 3 is 2.60 bits per heavy atom. The number of piperazine rings is 1. The summed E-state index contributed by atoms with van der Waals surface area (Å²) in [6.45, 7) is 3.37. The second-order valence-corrected chi connectivity index (χ2v) is 5.35. The Kier molecular flexibility index (Phi) is 3.51. The number of aromatic carboxylic acids is 1. The second-order valence-electron chi connectivity index (χ2n) is 4.47.